The van der Waals surface area contributed by atoms with Crippen molar-refractivity contribution in [1.29, 1.82) is 0 Å². The van der Waals surface area contributed by atoms with Gasteiger partial charge in [-0.15, -0.1) is 5.73 Å². The summed E-state index contributed by atoms with van der Waals surface area (Å²) < 4.78 is 4.84. The van der Waals surface area contributed by atoms with Crippen LogP contribution < -0.4 is 0 Å². The highest BCUT2D eigenvalue weighted by Crippen LogP contribution is 2.25. The number of Topliss-reactive ketones (excluding diaryl/α,β-unsaturated/α-hetero) is 1. The van der Waals surface area contributed by atoms with Gasteiger partial charge in [0, 0.05) is 0 Å². The highest BCUT2D eigenvalue weighted by atomic mass is 16.5. The number of rotatable bonds is 5. The number of hydrogen-bond acceptors (Lipinski definition) is 3. The molecule has 0 radical (unpaired) electrons. The Morgan fingerprint density at radius 3 is 2.50 bits per heavy atom. The summed E-state index contributed by atoms with van der Waals surface area (Å²) in [7, 11) is 0. The minimum Gasteiger partial charge on any atom is -0.465 e. The minimum atomic E-state index is -1.10. The summed E-state index contributed by atoms with van der Waals surface area (Å²) in [4.78, 5) is 22.8. The van der Waals surface area contributed by atoms with Crippen molar-refractivity contribution in [1.82, 2.24) is 0 Å². The third kappa shape index (κ3) is 2.86. The third-order valence-electron chi connectivity index (χ3n) is 2.16. The molecule has 0 aliphatic rings. The second-order valence-corrected chi connectivity index (χ2v) is 3.22. The lowest BCUT2D eigenvalue weighted by Gasteiger charge is -2.22. The van der Waals surface area contributed by atoms with E-state index in [0.29, 0.717) is 0 Å². The largest absolute Gasteiger partial charge is 0.465 e. The molecule has 78 valence electrons. The van der Waals surface area contributed by atoms with Crippen molar-refractivity contribution in [3.8, 4) is 0 Å². The number of ether oxygens (including phenoxy) is 1. The average molecular weight is 196 g/mol. The van der Waals surface area contributed by atoms with Crippen LogP contribution in [0.4, 0.5) is 0 Å². The molecule has 0 amide bonds. The van der Waals surface area contributed by atoms with Gasteiger partial charge in [-0.3, -0.25) is 9.59 Å². The Bertz CT molecular complexity index is 274. The molecule has 3 nitrogen and oxygen atoms in total. The number of carbonyl (C=O) groups is 2. The molecule has 0 aromatic heterocycles. The van der Waals surface area contributed by atoms with Crippen LogP contribution in [0.1, 0.15) is 27.2 Å². The van der Waals surface area contributed by atoms with Crippen molar-refractivity contribution < 1.29 is 14.3 Å². The maximum atomic E-state index is 11.5. The molecular formula is C11H16O3. The smallest absolute Gasteiger partial charge is 0.319 e. The van der Waals surface area contributed by atoms with Crippen molar-refractivity contribution >= 4 is 11.8 Å². The van der Waals surface area contributed by atoms with Crippen LogP contribution in [0.3, 0.4) is 0 Å². The van der Waals surface area contributed by atoms with Gasteiger partial charge in [0.05, 0.1) is 6.61 Å². The molecule has 3 heteroatoms. The van der Waals surface area contributed by atoms with Crippen molar-refractivity contribution in [2.75, 3.05) is 6.61 Å². The normalized spacial score (nSPS) is 13.6. The zero-order valence-corrected chi connectivity index (χ0v) is 8.92. The van der Waals surface area contributed by atoms with Gasteiger partial charge in [-0.1, -0.05) is 6.58 Å². The van der Waals surface area contributed by atoms with E-state index in [9.17, 15) is 9.59 Å². The zero-order valence-electron chi connectivity index (χ0n) is 8.92. The Kier molecular flexibility index (Phi) is 4.89. The standard InChI is InChI=1S/C11H16O3/c1-5-7-8-11(4,9(3)12)10(13)14-6-2/h7H,1,6,8H2,2-4H3. The lowest BCUT2D eigenvalue weighted by Crippen LogP contribution is -2.36. The van der Waals surface area contributed by atoms with Crippen LogP contribution in [0.25, 0.3) is 0 Å². The van der Waals surface area contributed by atoms with E-state index in [2.05, 4.69) is 12.3 Å². The van der Waals surface area contributed by atoms with Gasteiger partial charge in [0.25, 0.3) is 0 Å². The highest BCUT2D eigenvalue weighted by Gasteiger charge is 2.38. The van der Waals surface area contributed by atoms with Crippen LogP contribution in [0.5, 0.6) is 0 Å². The maximum Gasteiger partial charge on any atom is 0.319 e. The fraction of sp³-hybridized carbons (Fsp3) is 0.545. The van der Waals surface area contributed by atoms with Crippen LogP contribution in [0.15, 0.2) is 18.4 Å². The third-order valence-corrected chi connectivity index (χ3v) is 2.16. The first kappa shape index (κ1) is 12.7. The number of carbonyl (C=O) groups excluding carboxylic acids is 2. The number of ketones is 1. The Balaban J connectivity index is 4.79. The molecule has 0 bridgehead atoms. The molecule has 0 aromatic rings. The molecule has 0 aliphatic heterocycles. The monoisotopic (exact) mass is 196 g/mol. The molecule has 0 N–H and O–H groups in total. The van der Waals surface area contributed by atoms with Gasteiger partial charge >= 0.3 is 5.97 Å². The van der Waals surface area contributed by atoms with E-state index in [0.717, 1.165) is 0 Å². The Labute approximate surface area is 84.4 Å². The number of esters is 1. The zero-order chi connectivity index (χ0) is 11.2. The van der Waals surface area contributed by atoms with Crippen molar-refractivity contribution in [2.24, 2.45) is 5.41 Å². The van der Waals surface area contributed by atoms with Crippen LogP contribution in [-0.2, 0) is 14.3 Å². The van der Waals surface area contributed by atoms with Crippen LogP contribution in [-0.4, -0.2) is 18.4 Å². The summed E-state index contributed by atoms with van der Waals surface area (Å²) in [5, 5.41) is 0. The fourth-order valence-electron chi connectivity index (χ4n) is 0.937. The molecule has 1 atom stereocenters. The van der Waals surface area contributed by atoms with Gasteiger partial charge in [0.2, 0.25) is 0 Å². The summed E-state index contributed by atoms with van der Waals surface area (Å²) in [5.74, 6) is -0.693. The first-order valence-electron chi connectivity index (χ1n) is 4.51. The molecule has 0 aliphatic carbocycles. The molecule has 14 heavy (non-hydrogen) atoms. The molecule has 0 heterocycles. The molecule has 1 unspecified atom stereocenters. The van der Waals surface area contributed by atoms with Crippen molar-refractivity contribution in [3.63, 3.8) is 0 Å². The SMILES string of the molecule is C=C=CCC(C)(C(C)=O)C(=O)OCC. The topological polar surface area (TPSA) is 43.4 Å². The van der Waals surface area contributed by atoms with Crippen molar-refractivity contribution in [3.05, 3.63) is 18.4 Å². The lowest BCUT2D eigenvalue weighted by atomic mass is 9.83. The predicted octanol–water partition coefficient (Wildman–Crippen LogP) is 1.88. The van der Waals surface area contributed by atoms with E-state index in [1.54, 1.807) is 19.9 Å². The van der Waals surface area contributed by atoms with Crippen LogP contribution >= 0.6 is 0 Å². The summed E-state index contributed by atoms with van der Waals surface area (Å²) in [6.07, 6.45) is 1.85. The molecular weight excluding hydrogens is 180 g/mol. The maximum absolute atomic E-state index is 11.5. The summed E-state index contributed by atoms with van der Waals surface area (Å²) in [6.45, 7) is 8.33. The van der Waals surface area contributed by atoms with Gasteiger partial charge in [-0.2, -0.15) is 0 Å². The van der Waals surface area contributed by atoms with Crippen LogP contribution in [0.2, 0.25) is 0 Å². The van der Waals surface area contributed by atoms with E-state index in [4.69, 9.17) is 4.74 Å². The van der Waals surface area contributed by atoms with E-state index < -0.39 is 11.4 Å². The summed E-state index contributed by atoms with van der Waals surface area (Å²) >= 11 is 0. The quantitative estimate of drug-likeness (QED) is 0.383. The molecule has 0 saturated carbocycles. The average Bonchev–Trinajstić information content (AvgIpc) is 2.14. The molecule has 0 fully saturated rings. The minimum absolute atomic E-state index is 0.206. The van der Waals surface area contributed by atoms with E-state index >= 15 is 0 Å². The Morgan fingerprint density at radius 1 is 1.57 bits per heavy atom. The number of allylic oxidation sites excluding steroid dienone is 1. The highest BCUT2D eigenvalue weighted by molar-refractivity contribution is 6.02. The van der Waals surface area contributed by atoms with E-state index in [1.165, 1.54) is 6.92 Å². The lowest BCUT2D eigenvalue weighted by molar-refractivity contribution is -0.158. The second-order valence-electron chi connectivity index (χ2n) is 3.22. The first-order valence-corrected chi connectivity index (χ1v) is 4.51. The molecule has 0 spiro atoms. The summed E-state index contributed by atoms with van der Waals surface area (Å²) in [5.41, 5.74) is 1.44. The molecule has 0 rings (SSSR count). The van der Waals surface area contributed by atoms with Gasteiger partial charge in [-0.25, -0.2) is 0 Å². The summed E-state index contributed by atoms with van der Waals surface area (Å²) in [6, 6.07) is 0. The van der Waals surface area contributed by atoms with Gasteiger partial charge in [-0.05, 0) is 33.3 Å². The number of hydrogen-bond donors (Lipinski definition) is 0. The van der Waals surface area contributed by atoms with Gasteiger partial charge in [0.15, 0.2) is 0 Å². The molecule has 0 aromatic carbocycles. The second kappa shape index (κ2) is 5.40. The van der Waals surface area contributed by atoms with Gasteiger partial charge < -0.3 is 4.74 Å². The van der Waals surface area contributed by atoms with Crippen LogP contribution in [0, 0.1) is 5.41 Å². The fourth-order valence-corrected chi connectivity index (χ4v) is 0.937. The van der Waals surface area contributed by atoms with Gasteiger partial charge in [0.1, 0.15) is 11.2 Å². The first-order chi connectivity index (χ1) is 6.49. The Hall–Kier alpha value is -1.34. The predicted molar refractivity (Wildman–Crippen MR) is 53.7 cm³/mol. The van der Waals surface area contributed by atoms with Crippen molar-refractivity contribution in [2.45, 2.75) is 27.2 Å². The molecule has 0 saturated heterocycles. The Morgan fingerprint density at radius 2 is 2.14 bits per heavy atom. The van der Waals surface area contributed by atoms with E-state index in [1.807, 2.05) is 0 Å². The van der Waals surface area contributed by atoms with E-state index in [-0.39, 0.29) is 18.8 Å².